The molecular weight excluding hydrogens is 170 g/mol. The molecule has 1 unspecified atom stereocenters. The molecule has 0 radical (unpaired) electrons. The van der Waals surface area contributed by atoms with Gasteiger partial charge in [-0.1, -0.05) is 6.08 Å². The highest BCUT2D eigenvalue weighted by Gasteiger charge is 2.13. The van der Waals surface area contributed by atoms with Crippen molar-refractivity contribution in [2.75, 3.05) is 0 Å². The van der Waals surface area contributed by atoms with Crippen LogP contribution in [0, 0.1) is 0 Å². The van der Waals surface area contributed by atoms with Gasteiger partial charge >= 0.3 is 6.09 Å². The maximum absolute atomic E-state index is 10.4. The smallest absolute Gasteiger partial charge is 0.405 e. The number of carbonyl (C=O) groups is 1. The summed E-state index contributed by atoms with van der Waals surface area (Å²) in [4.78, 5) is 10.4. The zero-order valence-electron chi connectivity index (χ0n) is 7.03. The van der Waals surface area contributed by atoms with Gasteiger partial charge in [-0.3, -0.25) is 5.10 Å². The van der Waals surface area contributed by atoms with Crippen LogP contribution in [0.3, 0.4) is 0 Å². The van der Waals surface area contributed by atoms with Crippen molar-refractivity contribution in [3.8, 4) is 0 Å². The number of hydrogen-bond donors (Lipinski definition) is 3. The highest BCUT2D eigenvalue weighted by molar-refractivity contribution is 5.65. The number of aromatic amines is 1. The first kappa shape index (κ1) is 9.31. The molecule has 1 rings (SSSR count). The summed E-state index contributed by atoms with van der Waals surface area (Å²) in [6.45, 7) is 3.55. The van der Waals surface area contributed by atoms with E-state index in [-0.39, 0.29) is 6.04 Å². The number of nitrogens with one attached hydrogen (secondary N) is 2. The predicted molar refractivity (Wildman–Crippen MR) is 47.3 cm³/mol. The van der Waals surface area contributed by atoms with Crippen LogP contribution in [0.15, 0.2) is 24.9 Å². The predicted octanol–water partition coefficient (Wildman–Crippen LogP) is 1.29. The Kier molecular flexibility index (Phi) is 3.08. The molecule has 0 aromatic carbocycles. The van der Waals surface area contributed by atoms with Gasteiger partial charge in [-0.15, -0.1) is 6.58 Å². The molecule has 0 saturated carbocycles. The van der Waals surface area contributed by atoms with Crippen LogP contribution in [0.1, 0.15) is 18.2 Å². The molecule has 0 aliphatic carbocycles. The Hall–Kier alpha value is -1.78. The number of carboxylic acid groups (broad SMARTS) is 1. The lowest BCUT2D eigenvalue weighted by molar-refractivity contribution is 0.189. The molecule has 3 N–H and O–H groups in total. The molecule has 70 valence electrons. The molecule has 5 nitrogen and oxygen atoms in total. The van der Waals surface area contributed by atoms with Gasteiger partial charge in [0.2, 0.25) is 0 Å². The van der Waals surface area contributed by atoms with Crippen LogP contribution >= 0.6 is 0 Å². The van der Waals surface area contributed by atoms with E-state index in [1.54, 1.807) is 18.3 Å². The molecule has 0 aliphatic heterocycles. The Morgan fingerprint density at radius 1 is 1.92 bits per heavy atom. The van der Waals surface area contributed by atoms with Gasteiger partial charge in [-0.25, -0.2) is 4.79 Å². The van der Waals surface area contributed by atoms with Crippen molar-refractivity contribution >= 4 is 6.09 Å². The SMILES string of the molecule is C=CCC(NC(=O)O)c1cc[nH]n1. The summed E-state index contributed by atoms with van der Waals surface area (Å²) in [5.74, 6) is 0. The third-order valence-electron chi connectivity index (χ3n) is 1.58. The summed E-state index contributed by atoms with van der Waals surface area (Å²) in [7, 11) is 0. The van der Waals surface area contributed by atoms with E-state index in [0.29, 0.717) is 12.1 Å². The van der Waals surface area contributed by atoms with E-state index in [1.807, 2.05) is 0 Å². The molecule has 13 heavy (non-hydrogen) atoms. The Morgan fingerprint density at radius 2 is 2.69 bits per heavy atom. The normalized spacial score (nSPS) is 12.0. The van der Waals surface area contributed by atoms with Crippen LogP contribution in [0.2, 0.25) is 0 Å². The third kappa shape index (κ3) is 2.62. The van der Waals surface area contributed by atoms with Gasteiger partial charge in [0.05, 0.1) is 11.7 Å². The number of rotatable bonds is 4. The minimum Gasteiger partial charge on any atom is -0.465 e. The van der Waals surface area contributed by atoms with Gasteiger partial charge in [-0.05, 0) is 12.5 Å². The highest BCUT2D eigenvalue weighted by Crippen LogP contribution is 2.13. The summed E-state index contributed by atoms with van der Waals surface area (Å²) in [6, 6.07) is 1.41. The van der Waals surface area contributed by atoms with Crippen molar-refractivity contribution in [3.05, 3.63) is 30.6 Å². The first-order valence-electron chi connectivity index (χ1n) is 3.84. The van der Waals surface area contributed by atoms with Gasteiger partial charge in [-0.2, -0.15) is 5.10 Å². The number of amides is 1. The van der Waals surface area contributed by atoms with Gasteiger partial charge in [0, 0.05) is 6.20 Å². The molecule has 0 spiro atoms. The Morgan fingerprint density at radius 3 is 3.15 bits per heavy atom. The maximum atomic E-state index is 10.4. The average Bonchev–Trinajstić information content (AvgIpc) is 2.54. The van der Waals surface area contributed by atoms with Gasteiger partial charge in [0.25, 0.3) is 0 Å². The minimum atomic E-state index is -1.06. The summed E-state index contributed by atoms with van der Waals surface area (Å²) < 4.78 is 0. The van der Waals surface area contributed by atoms with Crippen molar-refractivity contribution in [2.24, 2.45) is 0 Å². The molecule has 1 amide bonds. The lowest BCUT2D eigenvalue weighted by atomic mass is 10.1. The highest BCUT2D eigenvalue weighted by atomic mass is 16.4. The fourth-order valence-corrected chi connectivity index (χ4v) is 1.04. The van der Waals surface area contributed by atoms with E-state index in [4.69, 9.17) is 5.11 Å². The number of nitrogens with zero attached hydrogens (tertiary/aromatic N) is 1. The molecule has 1 aromatic heterocycles. The summed E-state index contributed by atoms with van der Waals surface area (Å²) in [6.07, 6.45) is 2.76. The second-order valence-corrected chi connectivity index (χ2v) is 2.53. The Labute approximate surface area is 75.5 Å². The number of H-pyrrole nitrogens is 1. The molecule has 1 atom stereocenters. The standard InChI is InChI=1S/C8H11N3O2/c1-2-3-6(10-8(12)13)7-4-5-9-11-7/h2,4-6,10H,1,3H2,(H,9,11)(H,12,13). The second-order valence-electron chi connectivity index (χ2n) is 2.53. The molecular formula is C8H11N3O2. The second kappa shape index (κ2) is 4.30. The average molecular weight is 181 g/mol. The van der Waals surface area contributed by atoms with Crippen LogP contribution in [0.4, 0.5) is 4.79 Å². The minimum absolute atomic E-state index is 0.318. The van der Waals surface area contributed by atoms with Crippen LogP contribution < -0.4 is 5.32 Å². The molecule has 1 aromatic rings. The van der Waals surface area contributed by atoms with E-state index in [1.165, 1.54) is 0 Å². The fourth-order valence-electron chi connectivity index (χ4n) is 1.04. The molecule has 1 heterocycles. The molecule has 0 fully saturated rings. The van der Waals surface area contributed by atoms with E-state index >= 15 is 0 Å². The van der Waals surface area contributed by atoms with E-state index in [0.717, 1.165) is 0 Å². The van der Waals surface area contributed by atoms with Crippen molar-refractivity contribution in [2.45, 2.75) is 12.5 Å². The van der Waals surface area contributed by atoms with Crippen molar-refractivity contribution < 1.29 is 9.90 Å². The van der Waals surface area contributed by atoms with Gasteiger partial charge < -0.3 is 10.4 Å². The quantitative estimate of drug-likeness (QED) is 0.612. The van der Waals surface area contributed by atoms with Crippen LogP contribution in [-0.2, 0) is 0 Å². The molecule has 0 aliphatic rings. The van der Waals surface area contributed by atoms with E-state index in [2.05, 4.69) is 22.1 Å². The number of hydrogen-bond acceptors (Lipinski definition) is 2. The van der Waals surface area contributed by atoms with Gasteiger partial charge in [0.15, 0.2) is 0 Å². The Bertz CT molecular complexity index is 282. The van der Waals surface area contributed by atoms with Crippen molar-refractivity contribution in [3.63, 3.8) is 0 Å². The molecule has 0 saturated heterocycles. The molecule has 5 heteroatoms. The van der Waals surface area contributed by atoms with Crippen molar-refractivity contribution in [1.82, 2.24) is 15.5 Å². The topological polar surface area (TPSA) is 78.0 Å². The lowest BCUT2D eigenvalue weighted by Crippen LogP contribution is -2.26. The van der Waals surface area contributed by atoms with Crippen LogP contribution in [0.25, 0.3) is 0 Å². The van der Waals surface area contributed by atoms with Crippen molar-refractivity contribution in [1.29, 1.82) is 0 Å². The first-order valence-corrected chi connectivity index (χ1v) is 3.84. The summed E-state index contributed by atoms with van der Waals surface area (Å²) in [5, 5.41) is 17.4. The first-order chi connectivity index (χ1) is 6.24. The van der Waals surface area contributed by atoms with E-state index in [9.17, 15) is 4.79 Å². The lowest BCUT2D eigenvalue weighted by Gasteiger charge is -2.11. The third-order valence-corrected chi connectivity index (χ3v) is 1.58. The zero-order valence-corrected chi connectivity index (χ0v) is 7.03. The van der Waals surface area contributed by atoms with Gasteiger partial charge in [0.1, 0.15) is 0 Å². The summed E-state index contributed by atoms with van der Waals surface area (Å²) >= 11 is 0. The maximum Gasteiger partial charge on any atom is 0.405 e. The largest absolute Gasteiger partial charge is 0.465 e. The summed E-state index contributed by atoms with van der Waals surface area (Å²) in [5.41, 5.74) is 0.669. The van der Waals surface area contributed by atoms with Crippen LogP contribution in [0.5, 0.6) is 0 Å². The number of aromatic nitrogens is 2. The van der Waals surface area contributed by atoms with E-state index < -0.39 is 6.09 Å². The van der Waals surface area contributed by atoms with Crippen LogP contribution in [-0.4, -0.2) is 21.4 Å². The zero-order chi connectivity index (χ0) is 9.68. The Balaban J connectivity index is 2.67. The monoisotopic (exact) mass is 181 g/mol. The fraction of sp³-hybridized carbons (Fsp3) is 0.250. The molecule has 0 bridgehead atoms.